The number of benzene rings is 2. The van der Waals surface area contributed by atoms with Crippen molar-refractivity contribution in [3.8, 4) is 11.5 Å². The Morgan fingerprint density at radius 2 is 1.90 bits per heavy atom. The molecular formula is C15H15FN2O3. The highest BCUT2D eigenvalue weighted by molar-refractivity contribution is 6.08. The van der Waals surface area contributed by atoms with Gasteiger partial charge in [-0.05, 0) is 30.3 Å². The van der Waals surface area contributed by atoms with Crippen molar-refractivity contribution in [2.45, 2.75) is 0 Å². The van der Waals surface area contributed by atoms with Crippen molar-refractivity contribution >= 4 is 17.3 Å². The fraction of sp³-hybridized carbons (Fsp3) is 0.133. The molecule has 21 heavy (non-hydrogen) atoms. The number of methoxy groups -OCH3 is 2. The molecule has 0 aliphatic heterocycles. The Balaban J connectivity index is 2.30. The lowest BCUT2D eigenvalue weighted by Crippen LogP contribution is -2.15. The highest BCUT2D eigenvalue weighted by Gasteiger charge is 2.14. The number of carbonyl (C=O) groups is 1. The van der Waals surface area contributed by atoms with Crippen LogP contribution in [0.2, 0.25) is 0 Å². The summed E-state index contributed by atoms with van der Waals surface area (Å²) < 4.78 is 23.2. The fourth-order valence-electron chi connectivity index (χ4n) is 1.82. The molecule has 0 heterocycles. The number of nitrogens with two attached hydrogens (primary N) is 1. The number of halogens is 1. The third-order valence-electron chi connectivity index (χ3n) is 2.92. The summed E-state index contributed by atoms with van der Waals surface area (Å²) in [5.41, 5.74) is 6.72. The van der Waals surface area contributed by atoms with Crippen LogP contribution < -0.4 is 20.5 Å². The predicted octanol–water partition coefficient (Wildman–Crippen LogP) is 2.68. The molecule has 0 atom stereocenters. The van der Waals surface area contributed by atoms with Gasteiger partial charge in [-0.1, -0.05) is 0 Å². The minimum absolute atomic E-state index is 0.227. The molecule has 0 aromatic heterocycles. The molecule has 0 aliphatic rings. The van der Waals surface area contributed by atoms with Gasteiger partial charge >= 0.3 is 0 Å². The van der Waals surface area contributed by atoms with E-state index in [4.69, 9.17) is 15.2 Å². The maximum atomic E-state index is 13.1. The molecule has 1 amide bonds. The zero-order chi connectivity index (χ0) is 15.4. The Hall–Kier alpha value is -2.76. The van der Waals surface area contributed by atoms with Gasteiger partial charge in [0.25, 0.3) is 5.91 Å². The highest BCUT2D eigenvalue weighted by atomic mass is 19.1. The number of hydrogen-bond donors (Lipinski definition) is 2. The van der Waals surface area contributed by atoms with Gasteiger partial charge in [0.05, 0.1) is 25.5 Å². The number of nitrogens with one attached hydrogen (secondary N) is 1. The molecule has 0 saturated carbocycles. The van der Waals surface area contributed by atoms with Gasteiger partial charge in [0.2, 0.25) is 0 Å². The number of anilines is 2. The van der Waals surface area contributed by atoms with Crippen LogP contribution in [0.25, 0.3) is 0 Å². The summed E-state index contributed by atoms with van der Waals surface area (Å²) in [6.07, 6.45) is 0. The summed E-state index contributed by atoms with van der Waals surface area (Å²) in [7, 11) is 2.89. The monoisotopic (exact) mass is 290 g/mol. The van der Waals surface area contributed by atoms with Gasteiger partial charge in [-0.3, -0.25) is 4.79 Å². The average Bonchev–Trinajstić information content (AvgIpc) is 2.49. The number of nitrogen functional groups attached to an aromatic ring is 1. The Morgan fingerprint density at radius 3 is 2.57 bits per heavy atom. The second-order valence-electron chi connectivity index (χ2n) is 4.25. The molecule has 110 valence electrons. The van der Waals surface area contributed by atoms with Gasteiger partial charge in [-0.25, -0.2) is 4.39 Å². The molecule has 0 bridgehead atoms. The third kappa shape index (κ3) is 3.22. The molecule has 2 rings (SSSR count). The smallest absolute Gasteiger partial charge is 0.257 e. The molecule has 0 spiro atoms. The van der Waals surface area contributed by atoms with Gasteiger partial charge in [0.15, 0.2) is 0 Å². The van der Waals surface area contributed by atoms with Gasteiger partial charge < -0.3 is 20.5 Å². The minimum Gasteiger partial charge on any atom is -0.497 e. The van der Waals surface area contributed by atoms with Crippen molar-refractivity contribution in [1.29, 1.82) is 0 Å². The second-order valence-corrected chi connectivity index (χ2v) is 4.25. The van der Waals surface area contributed by atoms with Crippen LogP contribution in [0, 0.1) is 5.82 Å². The second kappa shape index (κ2) is 6.13. The fourth-order valence-corrected chi connectivity index (χ4v) is 1.82. The average molecular weight is 290 g/mol. The zero-order valence-electron chi connectivity index (χ0n) is 11.6. The maximum absolute atomic E-state index is 13.1. The van der Waals surface area contributed by atoms with E-state index in [1.54, 1.807) is 12.1 Å². The summed E-state index contributed by atoms with van der Waals surface area (Å²) in [4.78, 5) is 12.3. The Labute approximate surface area is 121 Å². The summed E-state index contributed by atoms with van der Waals surface area (Å²) in [5.74, 6) is -0.146. The summed E-state index contributed by atoms with van der Waals surface area (Å²) in [6, 6.07) is 8.60. The first-order chi connectivity index (χ1) is 10.0. The molecule has 0 aliphatic carbocycles. The van der Waals surface area contributed by atoms with Crippen LogP contribution in [-0.4, -0.2) is 20.1 Å². The van der Waals surface area contributed by atoms with E-state index in [1.165, 1.54) is 38.5 Å². The van der Waals surface area contributed by atoms with Crippen LogP contribution in [0.5, 0.6) is 11.5 Å². The first-order valence-electron chi connectivity index (χ1n) is 6.13. The van der Waals surface area contributed by atoms with Gasteiger partial charge in [0.1, 0.15) is 17.3 Å². The van der Waals surface area contributed by atoms with Gasteiger partial charge in [0, 0.05) is 11.8 Å². The van der Waals surface area contributed by atoms with E-state index in [0.717, 1.165) is 0 Å². The molecule has 3 N–H and O–H groups in total. The van der Waals surface area contributed by atoms with Crippen molar-refractivity contribution in [3.63, 3.8) is 0 Å². The largest absolute Gasteiger partial charge is 0.497 e. The lowest BCUT2D eigenvalue weighted by molar-refractivity contribution is 0.102. The van der Waals surface area contributed by atoms with Crippen LogP contribution in [-0.2, 0) is 0 Å². The quantitative estimate of drug-likeness (QED) is 0.849. The van der Waals surface area contributed by atoms with Gasteiger partial charge in [-0.2, -0.15) is 0 Å². The van der Waals surface area contributed by atoms with Crippen molar-refractivity contribution in [3.05, 3.63) is 47.8 Å². The third-order valence-corrected chi connectivity index (χ3v) is 2.92. The molecule has 0 unspecified atom stereocenters. The lowest BCUT2D eigenvalue weighted by Gasteiger charge is -2.12. The number of carbonyl (C=O) groups excluding carboxylic acids is 1. The summed E-state index contributed by atoms with van der Waals surface area (Å²) in [5, 5.41) is 2.63. The van der Waals surface area contributed by atoms with E-state index in [-0.39, 0.29) is 11.3 Å². The molecule has 5 nitrogen and oxygen atoms in total. The van der Waals surface area contributed by atoms with Crippen LogP contribution in [0.4, 0.5) is 15.8 Å². The molecule has 0 saturated heterocycles. The molecular weight excluding hydrogens is 275 g/mol. The van der Waals surface area contributed by atoms with Crippen LogP contribution in [0.3, 0.4) is 0 Å². The SMILES string of the molecule is COc1ccc(N)c(C(=O)Nc2ccc(F)cc2OC)c1. The number of ether oxygens (including phenoxy) is 2. The standard InChI is InChI=1S/C15H15FN2O3/c1-20-10-4-5-12(17)11(8-10)15(19)18-13-6-3-9(16)7-14(13)21-2/h3-8H,17H2,1-2H3,(H,18,19). The molecule has 6 heteroatoms. The van der Waals surface area contributed by atoms with Gasteiger partial charge in [-0.15, -0.1) is 0 Å². The summed E-state index contributed by atoms with van der Waals surface area (Å²) in [6.45, 7) is 0. The van der Waals surface area contributed by atoms with E-state index in [1.807, 2.05) is 0 Å². The van der Waals surface area contributed by atoms with E-state index in [2.05, 4.69) is 5.32 Å². The number of hydrogen-bond acceptors (Lipinski definition) is 4. The van der Waals surface area contributed by atoms with Crippen molar-refractivity contribution in [2.75, 3.05) is 25.3 Å². The molecule has 2 aromatic rings. The van der Waals surface area contributed by atoms with Crippen LogP contribution in [0.1, 0.15) is 10.4 Å². The van der Waals surface area contributed by atoms with E-state index >= 15 is 0 Å². The Morgan fingerprint density at radius 1 is 1.14 bits per heavy atom. The zero-order valence-corrected chi connectivity index (χ0v) is 11.6. The van der Waals surface area contributed by atoms with Crippen molar-refractivity contribution < 1.29 is 18.7 Å². The topological polar surface area (TPSA) is 73.6 Å². The summed E-state index contributed by atoms with van der Waals surface area (Å²) >= 11 is 0. The normalized spacial score (nSPS) is 10.0. The molecule has 0 fully saturated rings. The highest BCUT2D eigenvalue weighted by Crippen LogP contribution is 2.27. The van der Waals surface area contributed by atoms with Crippen molar-refractivity contribution in [2.24, 2.45) is 0 Å². The Kier molecular flexibility index (Phi) is 4.27. The first kappa shape index (κ1) is 14.6. The minimum atomic E-state index is -0.453. The number of rotatable bonds is 4. The van der Waals surface area contributed by atoms with E-state index < -0.39 is 11.7 Å². The first-order valence-corrected chi connectivity index (χ1v) is 6.13. The molecule has 0 radical (unpaired) electrons. The predicted molar refractivity (Wildman–Crippen MR) is 78.3 cm³/mol. The van der Waals surface area contributed by atoms with E-state index in [9.17, 15) is 9.18 Å². The number of amides is 1. The van der Waals surface area contributed by atoms with Crippen molar-refractivity contribution in [1.82, 2.24) is 0 Å². The lowest BCUT2D eigenvalue weighted by atomic mass is 10.1. The molecule has 2 aromatic carbocycles. The Bertz CT molecular complexity index is 674. The van der Waals surface area contributed by atoms with Crippen LogP contribution >= 0.6 is 0 Å². The van der Waals surface area contributed by atoms with Crippen LogP contribution in [0.15, 0.2) is 36.4 Å². The van der Waals surface area contributed by atoms with E-state index in [0.29, 0.717) is 17.1 Å². The maximum Gasteiger partial charge on any atom is 0.257 e.